The second kappa shape index (κ2) is 8.91. The van der Waals surface area contributed by atoms with Gasteiger partial charge in [-0.2, -0.15) is 0 Å². The van der Waals surface area contributed by atoms with Gasteiger partial charge < -0.3 is 19.5 Å². The Balaban J connectivity index is 1.54. The Hall–Kier alpha value is -3.47. The lowest BCUT2D eigenvalue weighted by Crippen LogP contribution is -2.38. The number of rotatable bonds is 7. The van der Waals surface area contributed by atoms with E-state index in [-0.39, 0.29) is 18.7 Å². The molecule has 154 valence electrons. The molecule has 1 heterocycles. The molecule has 3 aromatic carbocycles. The largest absolute Gasteiger partial charge is 0.497 e. The topological polar surface area (TPSA) is 56.8 Å². The summed E-state index contributed by atoms with van der Waals surface area (Å²) < 4.78 is 16.2. The van der Waals surface area contributed by atoms with Gasteiger partial charge in [-0.05, 0) is 67.3 Å². The highest BCUT2D eigenvalue weighted by Crippen LogP contribution is 2.33. The molecule has 4 rings (SSSR count). The monoisotopic (exact) mass is 403 g/mol. The average Bonchev–Trinajstić information content (AvgIpc) is 3.22. The third kappa shape index (κ3) is 4.74. The zero-order chi connectivity index (χ0) is 20.9. The maximum atomic E-state index is 12.9. The quantitative estimate of drug-likeness (QED) is 0.639. The highest BCUT2D eigenvalue weighted by Gasteiger charge is 2.18. The van der Waals surface area contributed by atoms with Crippen LogP contribution >= 0.6 is 0 Å². The van der Waals surface area contributed by atoms with Gasteiger partial charge in [-0.1, -0.05) is 35.9 Å². The van der Waals surface area contributed by atoms with Gasteiger partial charge in [-0.3, -0.25) is 4.79 Å². The molecule has 1 aliphatic rings. The summed E-state index contributed by atoms with van der Waals surface area (Å²) >= 11 is 0. The van der Waals surface area contributed by atoms with E-state index in [1.165, 1.54) is 0 Å². The molecular formula is C25H25NO4. The molecule has 30 heavy (non-hydrogen) atoms. The standard InChI is InChI=1S/C25H25NO4/c1-17-4-3-5-20(12-17)25(27)26-21(13-18-6-9-22(28-2)10-7-18)14-19-8-11-23-24(15-19)30-16-29-23/h3-12,15,21H,13-14,16H2,1-2H3,(H,26,27)/t21-/m0/s1. The summed E-state index contributed by atoms with van der Waals surface area (Å²) in [5.74, 6) is 2.25. The van der Waals surface area contributed by atoms with Gasteiger partial charge in [0.1, 0.15) is 5.75 Å². The number of hydrogen-bond acceptors (Lipinski definition) is 4. The zero-order valence-electron chi connectivity index (χ0n) is 17.2. The van der Waals surface area contributed by atoms with E-state index in [1.807, 2.05) is 73.7 Å². The summed E-state index contributed by atoms with van der Waals surface area (Å²) in [7, 11) is 1.65. The molecule has 5 nitrogen and oxygen atoms in total. The van der Waals surface area contributed by atoms with Crippen LogP contribution in [0.2, 0.25) is 0 Å². The molecule has 0 saturated carbocycles. The van der Waals surface area contributed by atoms with E-state index in [0.717, 1.165) is 33.9 Å². The van der Waals surface area contributed by atoms with Crippen molar-refractivity contribution in [3.05, 3.63) is 89.0 Å². The number of ether oxygens (including phenoxy) is 3. The molecule has 5 heteroatoms. The molecule has 0 aliphatic carbocycles. The van der Waals surface area contributed by atoms with Crippen LogP contribution in [0, 0.1) is 6.92 Å². The second-order valence-electron chi connectivity index (χ2n) is 7.48. The minimum Gasteiger partial charge on any atom is -0.497 e. The van der Waals surface area contributed by atoms with Crippen molar-refractivity contribution in [2.75, 3.05) is 13.9 Å². The second-order valence-corrected chi connectivity index (χ2v) is 7.48. The van der Waals surface area contributed by atoms with Crippen LogP contribution in [0.25, 0.3) is 0 Å². The van der Waals surface area contributed by atoms with Crippen molar-refractivity contribution < 1.29 is 19.0 Å². The van der Waals surface area contributed by atoms with Crippen LogP contribution in [0.4, 0.5) is 0 Å². The molecule has 0 saturated heterocycles. The van der Waals surface area contributed by atoms with Crippen molar-refractivity contribution in [2.45, 2.75) is 25.8 Å². The Kier molecular flexibility index (Phi) is 5.89. The molecular weight excluding hydrogens is 378 g/mol. The zero-order valence-corrected chi connectivity index (χ0v) is 17.2. The van der Waals surface area contributed by atoms with Gasteiger partial charge in [0, 0.05) is 11.6 Å². The fraction of sp³-hybridized carbons (Fsp3) is 0.240. The molecule has 1 atom stereocenters. The normalized spacial score (nSPS) is 13.0. The first kappa shape index (κ1) is 19.8. The fourth-order valence-electron chi connectivity index (χ4n) is 3.63. The number of aryl methyl sites for hydroxylation is 1. The third-order valence-electron chi connectivity index (χ3n) is 5.18. The third-order valence-corrected chi connectivity index (χ3v) is 5.18. The molecule has 0 aromatic heterocycles. The van der Waals surface area contributed by atoms with Crippen molar-refractivity contribution in [2.24, 2.45) is 0 Å². The highest BCUT2D eigenvalue weighted by atomic mass is 16.7. The van der Waals surface area contributed by atoms with Crippen LogP contribution in [0.15, 0.2) is 66.7 Å². The molecule has 0 spiro atoms. The number of carbonyl (C=O) groups is 1. The summed E-state index contributed by atoms with van der Waals surface area (Å²) in [5, 5.41) is 3.21. The lowest BCUT2D eigenvalue weighted by molar-refractivity contribution is 0.0936. The van der Waals surface area contributed by atoms with Crippen LogP contribution < -0.4 is 19.5 Å². The van der Waals surface area contributed by atoms with E-state index in [2.05, 4.69) is 5.32 Å². The van der Waals surface area contributed by atoms with Crippen molar-refractivity contribution in [3.63, 3.8) is 0 Å². The van der Waals surface area contributed by atoms with E-state index in [0.29, 0.717) is 18.4 Å². The first-order valence-electron chi connectivity index (χ1n) is 10.00. The Morgan fingerprint density at radius 1 is 0.967 bits per heavy atom. The number of hydrogen-bond donors (Lipinski definition) is 1. The predicted octanol–water partition coefficient (Wildman–Crippen LogP) is 4.32. The van der Waals surface area contributed by atoms with Gasteiger partial charge >= 0.3 is 0 Å². The Bertz CT molecular complexity index is 1030. The molecule has 1 aliphatic heterocycles. The van der Waals surface area contributed by atoms with E-state index in [9.17, 15) is 4.79 Å². The number of amides is 1. The molecule has 0 radical (unpaired) electrons. The number of carbonyl (C=O) groups excluding carboxylic acids is 1. The minimum absolute atomic E-state index is 0.0713. The molecule has 1 amide bonds. The van der Waals surface area contributed by atoms with Crippen LogP contribution in [-0.4, -0.2) is 25.9 Å². The van der Waals surface area contributed by atoms with E-state index < -0.39 is 0 Å². The molecule has 0 bridgehead atoms. The Labute approximate surface area is 176 Å². The van der Waals surface area contributed by atoms with Gasteiger partial charge in [0.15, 0.2) is 11.5 Å². The van der Waals surface area contributed by atoms with Crippen molar-refractivity contribution in [1.29, 1.82) is 0 Å². The molecule has 3 aromatic rings. The maximum absolute atomic E-state index is 12.9. The maximum Gasteiger partial charge on any atom is 0.251 e. The molecule has 1 N–H and O–H groups in total. The van der Waals surface area contributed by atoms with Crippen LogP contribution in [-0.2, 0) is 12.8 Å². The predicted molar refractivity (Wildman–Crippen MR) is 115 cm³/mol. The van der Waals surface area contributed by atoms with E-state index in [4.69, 9.17) is 14.2 Å². The lowest BCUT2D eigenvalue weighted by atomic mass is 9.98. The summed E-state index contributed by atoms with van der Waals surface area (Å²) in [6, 6.07) is 21.4. The first-order valence-corrected chi connectivity index (χ1v) is 10.00. The summed E-state index contributed by atoms with van der Waals surface area (Å²) in [6.07, 6.45) is 1.39. The number of fused-ring (bicyclic) bond motifs is 1. The fourth-order valence-corrected chi connectivity index (χ4v) is 3.63. The highest BCUT2D eigenvalue weighted by molar-refractivity contribution is 5.94. The number of benzene rings is 3. The van der Waals surface area contributed by atoms with Gasteiger partial charge in [-0.25, -0.2) is 0 Å². The van der Waals surface area contributed by atoms with Gasteiger partial charge in [-0.15, -0.1) is 0 Å². The van der Waals surface area contributed by atoms with Crippen LogP contribution in [0.3, 0.4) is 0 Å². The van der Waals surface area contributed by atoms with Gasteiger partial charge in [0.2, 0.25) is 6.79 Å². The first-order chi connectivity index (χ1) is 14.6. The Morgan fingerprint density at radius 2 is 1.70 bits per heavy atom. The van der Waals surface area contributed by atoms with E-state index >= 15 is 0 Å². The smallest absolute Gasteiger partial charge is 0.251 e. The summed E-state index contributed by atoms with van der Waals surface area (Å²) in [4.78, 5) is 12.9. The number of methoxy groups -OCH3 is 1. The van der Waals surface area contributed by atoms with Gasteiger partial charge in [0.25, 0.3) is 5.91 Å². The molecule has 0 unspecified atom stereocenters. The van der Waals surface area contributed by atoms with Crippen molar-refractivity contribution in [1.82, 2.24) is 5.32 Å². The number of nitrogens with one attached hydrogen (secondary N) is 1. The Morgan fingerprint density at radius 3 is 2.47 bits per heavy atom. The van der Waals surface area contributed by atoms with Crippen molar-refractivity contribution >= 4 is 5.91 Å². The lowest BCUT2D eigenvalue weighted by Gasteiger charge is -2.20. The SMILES string of the molecule is COc1ccc(C[C@@H](Cc2ccc3c(c2)OCO3)NC(=O)c2cccc(C)c2)cc1. The summed E-state index contributed by atoms with van der Waals surface area (Å²) in [6.45, 7) is 2.23. The minimum atomic E-state index is -0.0771. The van der Waals surface area contributed by atoms with Gasteiger partial charge in [0.05, 0.1) is 7.11 Å². The molecule has 0 fully saturated rings. The van der Waals surface area contributed by atoms with E-state index in [1.54, 1.807) is 7.11 Å². The van der Waals surface area contributed by atoms with Crippen LogP contribution in [0.1, 0.15) is 27.0 Å². The average molecular weight is 403 g/mol. The summed E-state index contributed by atoms with van der Waals surface area (Å²) in [5.41, 5.74) is 3.94. The van der Waals surface area contributed by atoms with Crippen molar-refractivity contribution in [3.8, 4) is 17.2 Å². The van der Waals surface area contributed by atoms with Crippen LogP contribution in [0.5, 0.6) is 17.2 Å².